The van der Waals surface area contributed by atoms with Crippen molar-refractivity contribution in [3.05, 3.63) is 54.0 Å². The van der Waals surface area contributed by atoms with Crippen molar-refractivity contribution in [1.29, 1.82) is 0 Å². The molecule has 2 saturated heterocycles. The first kappa shape index (κ1) is 21.5. The minimum Gasteiger partial charge on any atom is -0.468 e. The lowest BCUT2D eigenvalue weighted by Crippen LogP contribution is -2.46. The average Bonchev–Trinajstić information content (AvgIpc) is 3.44. The lowest BCUT2D eigenvalue weighted by atomic mass is 10.1. The van der Waals surface area contributed by atoms with Crippen LogP contribution in [-0.4, -0.2) is 64.2 Å². The second-order valence-electron chi connectivity index (χ2n) is 8.26. The Hall–Kier alpha value is -1.68. The summed E-state index contributed by atoms with van der Waals surface area (Å²) in [6.07, 6.45) is 3.85. The summed E-state index contributed by atoms with van der Waals surface area (Å²) in [5.74, 6) is 0.284. The van der Waals surface area contributed by atoms with Gasteiger partial charge in [-0.1, -0.05) is 17.7 Å². The molecule has 9 heteroatoms. The van der Waals surface area contributed by atoms with Crippen LogP contribution in [0.4, 0.5) is 0 Å². The fraction of sp³-hybridized carbons (Fsp3) is 0.524. The number of nitrogens with zero attached hydrogens (tertiary/aromatic N) is 1. The first-order chi connectivity index (χ1) is 14.3. The maximum atomic E-state index is 13.2. The average molecular weight is 453 g/mol. The highest BCUT2D eigenvalue weighted by Gasteiger charge is 2.46. The van der Waals surface area contributed by atoms with Gasteiger partial charge in [0.2, 0.25) is 0 Å². The molecule has 3 atom stereocenters. The molecule has 1 N–H and O–H groups in total. The molecule has 30 heavy (non-hydrogen) atoms. The fourth-order valence-corrected chi connectivity index (χ4v) is 9.14. The van der Waals surface area contributed by atoms with E-state index in [1.54, 1.807) is 30.5 Å². The summed E-state index contributed by atoms with van der Waals surface area (Å²) in [5, 5.41) is 2.28. The third-order valence-electron chi connectivity index (χ3n) is 6.07. The number of sulfone groups is 2. The predicted molar refractivity (Wildman–Crippen MR) is 115 cm³/mol. The molecule has 7 nitrogen and oxygen atoms in total. The van der Waals surface area contributed by atoms with Gasteiger partial charge in [0, 0.05) is 12.6 Å². The van der Waals surface area contributed by atoms with Crippen LogP contribution in [0.5, 0.6) is 0 Å². The van der Waals surface area contributed by atoms with Crippen LogP contribution in [0.1, 0.15) is 30.2 Å². The summed E-state index contributed by atoms with van der Waals surface area (Å²) in [6, 6.07) is 9.64. The van der Waals surface area contributed by atoms with E-state index < -0.39 is 31.0 Å². The third kappa shape index (κ3) is 4.49. The van der Waals surface area contributed by atoms with Gasteiger partial charge in [-0.05, 0) is 57.1 Å². The van der Waals surface area contributed by atoms with Crippen molar-refractivity contribution in [1.82, 2.24) is 10.2 Å². The molecule has 0 bridgehead atoms. The topological polar surface area (TPSA) is 96.7 Å². The molecule has 164 valence electrons. The molecule has 0 amide bonds. The molecule has 0 radical (unpaired) electrons. The van der Waals surface area contributed by atoms with Crippen LogP contribution in [0.25, 0.3) is 0 Å². The van der Waals surface area contributed by atoms with Crippen molar-refractivity contribution in [2.75, 3.05) is 31.1 Å². The zero-order chi connectivity index (χ0) is 21.4. The van der Waals surface area contributed by atoms with Gasteiger partial charge in [-0.25, -0.2) is 16.8 Å². The molecule has 0 spiro atoms. The number of aryl methyl sites for hydroxylation is 1. The van der Waals surface area contributed by atoms with E-state index >= 15 is 0 Å². The van der Waals surface area contributed by atoms with E-state index in [4.69, 9.17) is 4.42 Å². The van der Waals surface area contributed by atoms with Crippen LogP contribution >= 0.6 is 0 Å². The first-order valence-corrected chi connectivity index (χ1v) is 13.6. The van der Waals surface area contributed by atoms with E-state index in [9.17, 15) is 16.8 Å². The van der Waals surface area contributed by atoms with Gasteiger partial charge in [0.05, 0.1) is 34.0 Å². The van der Waals surface area contributed by atoms with E-state index in [0.717, 1.165) is 37.3 Å². The van der Waals surface area contributed by atoms with Crippen LogP contribution in [0.3, 0.4) is 0 Å². The molecular weight excluding hydrogens is 424 g/mol. The number of hydrogen-bond donors (Lipinski definition) is 1. The molecule has 1 unspecified atom stereocenters. The highest BCUT2D eigenvalue weighted by atomic mass is 32.2. The molecule has 2 aromatic rings. The summed E-state index contributed by atoms with van der Waals surface area (Å²) in [5.41, 5.74) is 0.953. The molecule has 4 rings (SSSR count). The second-order valence-corrected chi connectivity index (χ2v) is 12.6. The molecule has 1 aromatic heterocycles. The Labute approximate surface area is 178 Å². The lowest BCUT2D eigenvalue weighted by molar-refractivity contribution is 0.206. The quantitative estimate of drug-likeness (QED) is 0.686. The summed E-state index contributed by atoms with van der Waals surface area (Å²) in [6.45, 7) is 4.21. The maximum absolute atomic E-state index is 13.2. The van der Waals surface area contributed by atoms with E-state index in [1.165, 1.54) is 0 Å². The monoisotopic (exact) mass is 452 g/mol. The number of furan rings is 1. The molecular formula is C21H28N2O5S2. The predicted octanol–water partition coefficient (Wildman–Crippen LogP) is 1.95. The van der Waals surface area contributed by atoms with Crippen LogP contribution in [0.15, 0.2) is 52.0 Å². The number of rotatable bonds is 7. The maximum Gasteiger partial charge on any atom is 0.183 e. The van der Waals surface area contributed by atoms with Gasteiger partial charge in [0.1, 0.15) is 5.76 Å². The highest BCUT2D eigenvalue weighted by molar-refractivity contribution is 7.96. The van der Waals surface area contributed by atoms with Gasteiger partial charge in [-0.15, -0.1) is 0 Å². The molecule has 1 aromatic carbocycles. The van der Waals surface area contributed by atoms with Gasteiger partial charge in [-0.3, -0.25) is 4.90 Å². The lowest BCUT2D eigenvalue weighted by Gasteiger charge is -2.28. The molecule has 2 aliphatic heterocycles. The Bertz CT molecular complexity index is 1060. The van der Waals surface area contributed by atoms with Crippen molar-refractivity contribution in [3.63, 3.8) is 0 Å². The van der Waals surface area contributed by atoms with E-state index in [2.05, 4.69) is 10.2 Å². The standard InChI is InChI=1S/C21H28N2O5S2/c1-16-6-8-17(9-7-16)30(26,27)21-15-29(24,25)14-18(21)22-13-19(20-5-4-12-28-20)23-10-2-3-11-23/h4-9,12,18-19,21-22H,2-3,10-11,13-15H2,1H3/t18-,19?,21-/m0/s1. The normalized spacial score (nSPS) is 25.5. The number of nitrogens with one attached hydrogen (secondary N) is 1. The van der Waals surface area contributed by atoms with Crippen LogP contribution in [0.2, 0.25) is 0 Å². The first-order valence-electron chi connectivity index (χ1n) is 10.3. The summed E-state index contributed by atoms with van der Waals surface area (Å²) in [7, 11) is -7.22. The van der Waals surface area contributed by atoms with Crippen molar-refractivity contribution < 1.29 is 21.3 Å². The zero-order valence-electron chi connectivity index (χ0n) is 17.0. The highest BCUT2D eigenvalue weighted by Crippen LogP contribution is 2.29. The third-order valence-corrected chi connectivity index (χ3v) is 10.2. The Morgan fingerprint density at radius 2 is 1.83 bits per heavy atom. The van der Waals surface area contributed by atoms with Gasteiger partial charge < -0.3 is 9.73 Å². The van der Waals surface area contributed by atoms with Gasteiger partial charge >= 0.3 is 0 Å². The summed E-state index contributed by atoms with van der Waals surface area (Å²) < 4.78 is 56.9. The number of benzene rings is 1. The Balaban J connectivity index is 1.56. The molecule has 2 fully saturated rings. The van der Waals surface area contributed by atoms with Crippen molar-refractivity contribution >= 4 is 19.7 Å². The zero-order valence-corrected chi connectivity index (χ0v) is 18.7. The Morgan fingerprint density at radius 1 is 1.13 bits per heavy atom. The number of hydrogen-bond acceptors (Lipinski definition) is 7. The fourth-order valence-electron chi connectivity index (χ4n) is 4.42. The minimum atomic E-state index is -3.78. The van der Waals surface area contributed by atoms with E-state index in [-0.39, 0.29) is 22.4 Å². The Kier molecular flexibility index (Phi) is 6.07. The smallest absolute Gasteiger partial charge is 0.183 e. The van der Waals surface area contributed by atoms with Crippen molar-refractivity contribution in [2.24, 2.45) is 0 Å². The van der Waals surface area contributed by atoms with Crippen molar-refractivity contribution in [2.45, 2.75) is 42.0 Å². The van der Waals surface area contributed by atoms with Crippen LogP contribution < -0.4 is 5.32 Å². The minimum absolute atomic E-state index is 0.0477. The van der Waals surface area contributed by atoms with Crippen LogP contribution in [-0.2, 0) is 19.7 Å². The van der Waals surface area contributed by atoms with Gasteiger partial charge in [0.25, 0.3) is 0 Å². The van der Waals surface area contributed by atoms with E-state index in [1.807, 2.05) is 19.1 Å². The second kappa shape index (κ2) is 8.45. The molecule has 3 heterocycles. The van der Waals surface area contributed by atoms with Gasteiger partial charge in [-0.2, -0.15) is 0 Å². The number of likely N-dealkylation sites (tertiary alicyclic amines) is 1. The molecule has 2 aliphatic rings. The molecule has 0 saturated carbocycles. The molecule has 0 aliphatic carbocycles. The van der Waals surface area contributed by atoms with Gasteiger partial charge in [0.15, 0.2) is 19.7 Å². The van der Waals surface area contributed by atoms with Crippen LogP contribution in [0, 0.1) is 6.92 Å². The summed E-state index contributed by atoms with van der Waals surface area (Å²) in [4.78, 5) is 2.47. The van der Waals surface area contributed by atoms with E-state index in [0.29, 0.717) is 6.54 Å². The summed E-state index contributed by atoms with van der Waals surface area (Å²) >= 11 is 0. The largest absolute Gasteiger partial charge is 0.468 e. The Morgan fingerprint density at radius 3 is 2.47 bits per heavy atom. The van der Waals surface area contributed by atoms with Crippen molar-refractivity contribution in [3.8, 4) is 0 Å². The SMILES string of the molecule is Cc1ccc(S(=O)(=O)[C@H]2CS(=O)(=O)C[C@@H]2NCC(c2ccco2)N2CCCC2)cc1.